The van der Waals surface area contributed by atoms with E-state index in [9.17, 15) is 4.79 Å². The molecule has 1 aliphatic carbocycles. The van der Waals surface area contributed by atoms with Gasteiger partial charge in [0.25, 0.3) is 6.47 Å². The van der Waals surface area contributed by atoms with Gasteiger partial charge in [-0.25, -0.2) is 0 Å². The molecule has 1 fully saturated rings. The Kier molecular flexibility index (Phi) is 4.92. The summed E-state index contributed by atoms with van der Waals surface area (Å²) in [6.07, 6.45) is 4.37. The van der Waals surface area contributed by atoms with Crippen molar-refractivity contribution in [2.45, 2.75) is 40.0 Å². The Labute approximate surface area is 68.9 Å². The van der Waals surface area contributed by atoms with Gasteiger partial charge < -0.3 is 4.74 Å². The summed E-state index contributed by atoms with van der Waals surface area (Å²) in [5.41, 5.74) is 0.722. The smallest absolute Gasteiger partial charge is 0.293 e. The van der Waals surface area contributed by atoms with Crippen LogP contribution >= 0.6 is 0 Å². The van der Waals surface area contributed by atoms with Gasteiger partial charge in [0.2, 0.25) is 0 Å². The number of carbonyl (C=O) groups is 1. The molecule has 0 N–H and O–H groups in total. The first kappa shape index (κ1) is 10.5. The van der Waals surface area contributed by atoms with E-state index in [2.05, 4.69) is 18.6 Å². The van der Waals surface area contributed by atoms with Crippen molar-refractivity contribution in [1.29, 1.82) is 0 Å². The lowest BCUT2D eigenvalue weighted by atomic mass is 9.72. The maximum atomic E-state index is 9.18. The number of ether oxygens (including phenoxy) is 1. The fourth-order valence-electron chi connectivity index (χ4n) is 0.952. The van der Waals surface area contributed by atoms with Crippen molar-refractivity contribution in [2.75, 3.05) is 6.61 Å². The maximum Gasteiger partial charge on any atom is 0.293 e. The lowest BCUT2D eigenvalue weighted by molar-refractivity contribution is -0.128. The van der Waals surface area contributed by atoms with Crippen LogP contribution in [0.25, 0.3) is 0 Å². The quantitative estimate of drug-likeness (QED) is 0.577. The summed E-state index contributed by atoms with van der Waals surface area (Å²) in [5.74, 6) is 0. The second-order valence-electron chi connectivity index (χ2n) is 3.57. The van der Waals surface area contributed by atoms with E-state index in [1.54, 1.807) is 6.92 Å². The summed E-state index contributed by atoms with van der Waals surface area (Å²) in [6, 6.07) is 0. The highest BCUT2D eigenvalue weighted by Gasteiger charge is 2.24. The Hall–Kier alpha value is -0.530. The summed E-state index contributed by atoms with van der Waals surface area (Å²) in [7, 11) is 0. The second-order valence-corrected chi connectivity index (χ2v) is 3.57. The van der Waals surface area contributed by atoms with Crippen molar-refractivity contribution in [2.24, 2.45) is 5.41 Å². The van der Waals surface area contributed by atoms with Crippen molar-refractivity contribution in [3.05, 3.63) is 0 Å². The number of hydrogen-bond acceptors (Lipinski definition) is 2. The first-order valence-corrected chi connectivity index (χ1v) is 4.17. The Morgan fingerprint density at radius 1 is 1.45 bits per heavy atom. The third-order valence-electron chi connectivity index (χ3n) is 1.94. The third-order valence-corrected chi connectivity index (χ3v) is 1.94. The predicted molar refractivity (Wildman–Crippen MR) is 45.3 cm³/mol. The fourth-order valence-corrected chi connectivity index (χ4v) is 0.952. The van der Waals surface area contributed by atoms with Crippen LogP contribution in [0.3, 0.4) is 0 Å². The molecule has 0 spiro atoms. The molecule has 0 amide bonds. The lowest BCUT2D eigenvalue weighted by Gasteiger charge is -2.33. The van der Waals surface area contributed by atoms with E-state index in [-0.39, 0.29) is 0 Å². The lowest BCUT2D eigenvalue weighted by Crippen LogP contribution is -2.20. The van der Waals surface area contributed by atoms with Crippen LogP contribution in [0.15, 0.2) is 0 Å². The number of rotatable bonds is 2. The van der Waals surface area contributed by atoms with Crippen LogP contribution in [0.1, 0.15) is 40.0 Å². The highest BCUT2D eigenvalue weighted by atomic mass is 16.5. The summed E-state index contributed by atoms with van der Waals surface area (Å²) in [5, 5.41) is 0. The molecule has 1 rings (SSSR count). The van der Waals surface area contributed by atoms with Gasteiger partial charge in [0, 0.05) is 0 Å². The molecule has 1 aliphatic rings. The monoisotopic (exact) mass is 158 g/mol. The fraction of sp³-hybridized carbons (Fsp3) is 0.889. The van der Waals surface area contributed by atoms with E-state index in [1.165, 1.54) is 19.3 Å². The highest BCUT2D eigenvalue weighted by molar-refractivity contribution is 5.36. The van der Waals surface area contributed by atoms with Crippen molar-refractivity contribution in [1.82, 2.24) is 0 Å². The van der Waals surface area contributed by atoms with E-state index in [0.29, 0.717) is 13.1 Å². The van der Waals surface area contributed by atoms with Gasteiger partial charge in [-0.15, -0.1) is 0 Å². The molecule has 0 atom stereocenters. The van der Waals surface area contributed by atoms with Crippen molar-refractivity contribution >= 4 is 6.47 Å². The van der Waals surface area contributed by atoms with Gasteiger partial charge in [0.15, 0.2) is 0 Å². The Bertz CT molecular complexity index is 102. The normalized spacial score (nSPS) is 18.8. The molecule has 1 saturated carbocycles. The van der Waals surface area contributed by atoms with Crippen molar-refractivity contribution < 1.29 is 9.53 Å². The molecule has 0 heterocycles. The van der Waals surface area contributed by atoms with Crippen LogP contribution in [0.4, 0.5) is 0 Å². The molecule has 11 heavy (non-hydrogen) atoms. The SMILES string of the molecule is CC1(C)CCC1.CCOC=O. The summed E-state index contributed by atoms with van der Waals surface area (Å²) in [6.45, 7) is 7.32. The molecule has 0 aromatic rings. The van der Waals surface area contributed by atoms with Crippen LogP contribution in [0.5, 0.6) is 0 Å². The van der Waals surface area contributed by atoms with Gasteiger partial charge >= 0.3 is 0 Å². The summed E-state index contributed by atoms with van der Waals surface area (Å²) < 4.78 is 4.15. The van der Waals surface area contributed by atoms with E-state index in [0.717, 1.165) is 5.41 Å². The Morgan fingerprint density at radius 2 is 1.91 bits per heavy atom. The zero-order valence-electron chi connectivity index (χ0n) is 7.72. The molecule has 0 saturated heterocycles. The standard InChI is InChI=1S/C6H12.C3H6O2/c1-6(2)4-3-5-6;1-2-5-3-4/h3-5H2,1-2H3;3H,2H2,1H3. The maximum absolute atomic E-state index is 9.18. The minimum atomic E-state index is 0.431. The van der Waals surface area contributed by atoms with Crippen LogP contribution in [0, 0.1) is 5.41 Å². The second kappa shape index (κ2) is 5.16. The topological polar surface area (TPSA) is 26.3 Å². The number of hydrogen-bond donors (Lipinski definition) is 0. The summed E-state index contributed by atoms with van der Waals surface area (Å²) in [4.78, 5) is 9.18. The Morgan fingerprint density at radius 3 is 1.91 bits per heavy atom. The molecule has 66 valence electrons. The molecule has 0 aromatic heterocycles. The van der Waals surface area contributed by atoms with E-state index < -0.39 is 0 Å². The molecular weight excluding hydrogens is 140 g/mol. The molecule has 0 radical (unpaired) electrons. The molecule has 2 heteroatoms. The van der Waals surface area contributed by atoms with Gasteiger partial charge in [-0.2, -0.15) is 0 Å². The Balaban J connectivity index is 0.000000187. The molecule has 2 nitrogen and oxygen atoms in total. The van der Waals surface area contributed by atoms with Gasteiger partial charge in [-0.05, 0) is 25.2 Å². The van der Waals surface area contributed by atoms with Crippen LogP contribution < -0.4 is 0 Å². The minimum Gasteiger partial charge on any atom is -0.468 e. The van der Waals surface area contributed by atoms with Gasteiger partial charge in [-0.3, -0.25) is 4.79 Å². The molecule has 0 aliphatic heterocycles. The van der Waals surface area contributed by atoms with Gasteiger partial charge in [-0.1, -0.05) is 20.3 Å². The van der Waals surface area contributed by atoms with Crippen LogP contribution in [-0.4, -0.2) is 13.1 Å². The van der Waals surface area contributed by atoms with Gasteiger partial charge in [0.1, 0.15) is 0 Å². The highest BCUT2D eigenvalue weighted by Crippen LogP contribution is 2.38. The van der Waals surface area contributed by atoms with Gasteiger partial charge in [0.05, 0.1) is 6.61 Å². The first-order chi connectivity index (χ1) is 5.12. The molecular formula is C9H18O2. The zero-order valence-corrected chi connectivity index (χ0v) is 7.72. The van der Waals surface area contributed by atoms with Crippen LogP contribution in [0.2, 0.25) is 0 Å². The molecule has 0 bridgehead atoms. The minimum absolute atomic E-state index is 0.431. The molecule has 0 unspecified atom stereocenters. The average Bonchev–Trinajstić information content (AvgIpc) is 1.88. The van der Waals surface area contributed by atoms with Crippen molar-refractivity contribution in [3.63, 3.8) is 0 Å². The third kappa shape index (κ3) is 5.89. The van der Waals surface area contributed by atoms with E-state index in [1.807, 2.05) is 0 Å². The average molecular weight is 158 g/mol. The van der Waals surface area contributed by atoms with E-state index in [4.69, 9.17) is 0 Å². The summed E-state index contributed by atoms with van der Waals surface area (Å²) >= 11 is 0. The first-order valence-electron chi connectivity index (χ1n) is 4.17. The zero-order chi connectivity index (χ0) is 8.74. The van der Waals surface area contributed by atoms with Crippen molar-refractivity contribution in [3.8, 4) is 0 Å². The van der Waals surface area contributed by atoms with E-state index >= 15 is 0 Å². The molecule has 0 aromatic carbocycles. The number of carbonyl (C=O) groups excluding carboxylic acids is 1. The largest absolute Gasteiger partial charge is 0.468 e. The van der Waals surface area contributed by atoms with Crippen LogP contribution in [-0.2, 0) is 9.53 Å². The predicted octanol–water partition coefficient (Wildman–Crippen LogP) is 2.38.